The number of ether oxygens (including phenoxy) is 2. The largest absolute Gasteiger partial charge is 0.497 e. The number of nitrogens with one attached hydrogen (secondary N) is 1. The minimum Gasteiger partial charge on any atom is -0.497 e. The summed E-state index contributed by atoms with van der Waals surface area (Å²) in [7, 11) is 3.83. The third-order valence-corrected chi connectivity index (χ3v) is 6.21. The van der Waals surface area contributed by atoms with Gasteiger partial charge >= 0.3 is 0 Å². The van der Waals surface area contributed by atoms with E-state index in [1.165, 1.54) is 5.56 Å². The smallest absolute Gasteiger partial charge is 0.275 e. The van der Waals surface area contributed by atoms with Crippen LogP contribution in [-0.4, -0.2) is 54.4 Å². The second kappa shape index (κ2) is 10.5. The molecule has 1 aromatic heterocycles. The number of aromatic nitrogens is 2. The van der Waals surface area contributed by atoms with Gasteiger partial charge in [-0.3, -0.25) is 9.69 Å². The molecule has 0 bridgehead atoms. The molecule has 174 valence electrons. The Balaban J connectivity index is 1.50. The van der Waals surface area contributed by atoms with Crippen LogP contribution in [-0.2, 0) is 0 Å². The van der Waals surface area contributed by atoms with Crippen molar-refractivity contribution < 1.29 is 14.3 Å². The lowest BCUT2D eigenvalue weighted by Gasteiger charge is -2.39. The Labute approximate surface area is 195 Å². The first-order valence-corrected chi connectivity index (χ1v) is 11.5. The van der Waals surface area contributed by atoms with Gasteiger partial charge in [0.15, 0.2) is 11.4 Å². The fourth-order valence-corrected chi connectivity index (χ4v) is 4.60. The Morgan fingerprint density at radius 1 is 1.15 bits per heavy atom. The second-order valence-electron chi connectivity index (χ2n) is 8.37. The summed E-state index contributed by atoms with van der Waals surface area (Å²) >= 11 is 0. The molecule has 0 aliphatic carbocycles. The molecule has 7 heteroatoms. The lowest BCUT2D eigenvalue weighted by molar-refractivity contribution is 0.0883. The Bertz CT molecular complexity index is 1050. The summed E-state index contributed by atoms with van der Waals surface area (Å²) in [6, 6.07) is 18.2. The Morgan fingerprint density at radius 3 is 2.61 bits per heavy atom. The molecule has 4 rings (SSSR count). The normalized spacial score (nSPS) is 18.6. The quantitative estimate of drug-likeness (QED) is 0.562. The Kier molecular flexibility index (Phi) is 7.29. The van der Waals surface area contributed by atoms with Gasteiger partial charge in [0.05, 0.1) is 25.6 Å². The van der Waals surface area contributed by atoms with Crippen molar-refractivity contribution in [3.8, 4) is 17.2 Å². The summed E-state index contributed by atoms with van der Waals surface area (Å²) < 4.78 is 12.7. The van der Waals surface area contributed by atoms with Crippen molar-refractivity contribution in [2.75, 3.05) is 33.9 Å². The standard InChI is InChI=1S/C26H32N4O3/c1-4-33-23-18-30(21-10-6-5-7-11-21)28-24(23)26(31)27-17-20-9-8-16-29(2)25(20)19-12-14-22(32-3)15-13-19/h5-7,10-15,18,20,25H,4,8-9,16-17H2,1-3H3,(H,27,31). The zero-order valence-corrected chi connectivity index (χ0v) is 19.5. The van der Waals surface area contributed by atoms with E-state index in [9.17, 15) is 4.79 Å². The highest BCUT2D eigenvalue weighted by molar-refractivity contribution is 5.95. The van der Waals surface area contributed by atoms with Gasteiger partial charge in [0.2, 0.25) is 0 Å². The third kappa shape index (κ3) is 5.20. The molecular weight excluding hydrogens is 416 g/mol. The molecule has 2 aromatic carbocycles. The number of amides is 1. The maximum Gasteiger partial charge on any atom is 0.275 e. The maximum atomic E-state index is 13.1. The van der Waals surface area contributed by atoms with Crippen LogP contribution in [0.1, 0.15) is 41.9 Å². The van der Waals surface area contributed by atoms with Crippen molar-refractivity contribution in [2.45, 2.75) is 25.8 Å². The average Bonchev–Trinajstić information content (AvgIpc) is 3.27. The molecule has 7 nitrogen and oxygen atoms in total. The molecule has 1 saturated heterocycles. The van der Waals surface area contributed by atoms with Crippen LogP contribution in [0.4, 0.5) is 0 Å². The van der Waals surface area contributed by atoms with Crippen LogP contribution in [0.2, 0.25) is 0 Å². The molecule has 1 fully saturated rings. The first-order valence-electron chi connectivity index (χ1n) is 11.5. The Morgan fingerprint density at radius 2 is 1.91 bits per heavy atom. The zero-order valence-electron chi connectivity index (χ0n) is 19.5. The van der Waals surface area contributed by atoms with Gasteiger partial charge in [0.1, 0.15) is 5.75 Å². The lowest BCUT2D eigenvalue weighted by Crippen LogP contribution is -2.41. The summed E-state index contributed by atoms with van der Waals surface area (Å²) in [5.41, 5.74) is 2.43. The predicted octanol–water partition coefficient (Wildman–Crippen LogP) is 4.09. The number of hydrogen-bond acceptors (Lipinski definition) is 5. The van der Waals surface area contributed by atoms with E-state index in [1.807, 2.05) is 49.4 Å². The number of hydrogen-bond donors (Lipinski definition) is 1. The van der Waals surface area contributed by atoms with Crippen LogP contribution in [0.25, 0.3) is 5.69 Å². The molecule has 1 aliphatic rings. The van der Waals surface area contributed by atoms with E-state index in [0.717, 1.165) is 30.8 Å². The third-order valence-electron chi connectivity index (χ3n) is 6.21. The highest BCUT2D eigenvalue weighted by Crippen LogP contribution is 2.35. The van der Waals surface area contributed by atoms with E-state index in [1.54, 1.807) is 18.0 Å². The van der Waals surface area contributed by atoms with Gasteiger partial charge in [0.25, 0.3) is 5.91 Å². The summed E-state index contributed by atoms with van der Waals surface area (Å²) in [5.74, 6) is 1.42. The summed E-state index contributed by atoms with van der Waals surface area (Å²) in [6.45, 7) is 3.98. The van der Waals surface area contributed by atoms with E-state index >= 15 is 0 Å². The van der Waals surface area contributed by atoms with Crippen LogP contribution in [0.3, 0.4) is 0 Å². The van der Waals surface area contributed by atoms with Crippen molar-refractivity contribution in [3.63, 3.8) is 0 Å². The SMILES string of the molecule is CCOc1cn(-c2ccccc2)nc1C(=O)NCC1CCCN(C)C1c1ccc(OC)cc1. The number of carbonyl (C=O) groups excluding carboxylic acids is 1. The zero-order chi connectivity index (χ0) is 23.2. The number of rotatable bonds is 8. The average molecular weight is 449 g/mol. The number of piperidine rings is 1. The van der Waals surface area contributed by atoms with Gasteiger partial charge in [-0.25, -0.2) is 4.68 Å². The number of para-hydroxylation sites is 1. The van der Waals surface area contributed by atoms with Gasteiger partial charge in [-0.05, 0) is 69.1 Å². The second-order valence-corrected chi connectivity index (χ2v) is 8.37. The van der Waals surface area contributed by atoms with Crippen molar-refractivity contribution in [1.82, 2.24) is 20.0 Å². The van der Waals surface area contributed by atoms with Gasteiger partial charge in [-0.1, -0.05) is 30.3 Å². The fraction of sp³-hybridized carbons (Fsp3) is 0.385. The van der Waals surface area contributed by atoms with Gasteiger partial charge < -0.3 is 14.8 Å². The van der Waals surface area contributed by atoms with Crippen LogP contribution >= 0.6 is 0 Å². The fourth-order valence-electron chi connectivity index (χ4n) is 4.60. The van der Waals surface area contributed by atoms with Crippen LogP contribution in [0.5, 0.6) is 11.5 Å². The van der Waals surface area contributed by atoms with Crippen LogP contribution in [0.15, 0.2) is 60.8 Å². The molecule has 0 saturated carbocycles. The monoisotopic (exact) mass is 448 g/mol. The molecule has 0 radical (unpaired) electrons. The number of benzene rings is 2. The molecule has 1 aliphatic heterocycles. The molecule has 2 heterocycles. The number of carbonyl (C=O) groups is 1. The van der Waals surface area contributed by atoms with Crippen LogP contribution in [0, 0.1) is 5.92 Å². The van der Waals surface area contributed by atoms with E-state index in [4.69, 9.17) is 9.47 Å². The molecule has 2 unspecified atom stereocenters. The van der Waals surface area contributed by atoms with E-state index in [2.05, 4.69) is 34.5 Å². The summed E-state index contributed by atoms with van der Waals surface area (Å²) in [6.07, 6.45) is 3.93. The lowest BCUT2D eigenvalue weighted by atomic mass is 9.85. The molecule has 0 spiro atoms. The molecular formula is C26H32N4O3. The molecule has 2 atom stereocenters. The van der Waals surface area contributed by atoms with Gasteiger partial charge in [0, 0.05) is 12.6 Å². The van der Waals surface area contributed by atoms with Gasteiger partial charge in [-0.15, -0.1) is 0 Å². The number of likely N-dealkylation sites (tertiary alicyclic amines) is 1. The molecule has 1 amide bonds. The summed E-state index contributed by atoms with van der Waals surface area (Å²) in [4.78, 5) is 15.5. The van der Waals surface area contributed by atoms with E-state index in [-0.39, 0.29) is 11.9 Å². The topological polar surface area (TPSA) is 68.6 Å². The van der Waals surface area contributed by atoms with Crippen molar-refractivity contribution in [2.24, 2.45) is 5.92 Å². The van der Waals surface area contributed by atoms with Gasteiger partial charge in [-0.2, -0.15) is 5.10 Å². The minimum absolute atomic E-state index is 0.213. The first kappa shape index (κ1) is 22.9. The molecule has 3 aromatic rings. The predicted molar refractivity (Wildman–Crippen MR) is 128 cm³/mol. The number of methoxy groups -OCH3 is 1. The first-order chi connectivity index (χ1) is 16.1. The molecule has 1 N–H and O–H groups in total. The van der Waals surface area contributed by atoms with Crippen molar-refractivity contribution >= 4 is 5.91 Å². The van der Waals surface area contributed by atoms with E-state index in [0.29, 0.717) is 30.5 Å². The van der Waals surface area contributed by atoms with Crippen LogP contribution < -0.4 is 14.8 Å². The summed E-state index contributed by atoms with van der Waals surface area (Å²) in [5, 5.41) is 7.66. The van der Waals surface area contributed by atoms with E-state index < -0.39 is 0 Å². The highest BCUT2D eigenvalue weighted by Gasteiger charge is 2.31. The number of nitrogens with zero attached hydrogens (tertiary/aromatic N) is 3. The van der Waals surface area contributed by atoms with Crippen molar-refractivity contribution in [1.29, 1.82) is 0 Å². The van der Waals surface area contributed by atoms with Crippen molar-refractivity contribution in [3.05, 3.63) is 72.1 Å². The minimum atomic E-state index is -0.213. The maximum absolute atomic E-state index is 13.1. The highest BCUT2D eigenvalue weighted by atomic mass is 16.5. The molecule has 33 heavy (non-hydrogen) atoms. The Hall–Kier alpha value is -3.32.